The maximum absolute atomic E-state index is 12.1. The van der Waals surface area contributed by atoms with Crippen LogP contribution in [0.15, 0.2) is 0 Å². The lowest BCUT2D eigenvalue weighted by molar-refractivity contribution is -0.142. The summed E-state index contributed by atoms with van der Waals surface area (Å²) >= 11 is 0. The zero-order chi connectivity index (χ0) is 13.0. The first-order valence-corrected chi connectivity index (χ1v) is 7.00. The molecule has 0 radical (unpaired) electrons. The average Bonchev–Trinajstić information content (AvgIpc) is 2.83. The molecule has 0 unspecified atom stereocenters. The number of rotatable bonds is 4. The van der Waals surface area contributed by atoms with Gasteiger partial charge in [0.1, 0.15) is 0 Å². The molecule has 18 heavy (non-hydrogen) atoms. The first-order valence-electron chi connectivity index (χ1n) is 7.00. The summed E-state index contributed by atoms with van der Waals surface area (Å²) in [6.45, 7) is 6.02. The van der Waals surface area contributed by atoms with Gasteiger partial charge >= 0.3 is 0 Å². The second kappa shape index (κ2) is 6.29. The predicted molar refractivity (Wildman–Crippen MR) is 69.1 cm³/mol. The molecule has 1 N–H and O–H groups in total. The molecule has 102 valence electrons. The summed E-state index contributed by atoms with van der Waals surface area (Å²) in [4.78, 5) is 27.3. The van der Waals surface area contributed by atoms with E-state index in [1.54, 1.807) is 0 Å². The highest BCUT2D eigenvalue weighted by Crippen LogP contribution is 2.14. The lowest BCUT2D eigenvalue weighted by Gasteiger charge is -2.34. The number of likely N-dealkylation sites (N-methyl/N-ethyl adjacent to an activating group) is 1. The Bertz CT molecular complexity index is 313. The van der Waals surface area contributed by atoms with Crippen molar-refractivity contribution in [3.63, 3.8) is 0 Å². The van der Waals surface area contributed by atoms with Crippen LogP contribution in [0, 0.1) is 0 Å². The molecule has 2 rings (SSSR count). The zero-order valence-corrected chi connectivity index (χ0v) is 11.2. The van der Waals surface area contributed by atoms with E-state index in [0.29, 0.717) is 25.6 Å². The van der Waals surface area contributed by atoms with Gasteiger partial charge < -0.3 is 5.32 Å². The van der Waals surface area contributed by atoms with E-state index in [2.05, 4.69) is 17.1 Å². The third kappa shape index (κ3) is 3.09. The molecule has 0 aromatic heterocycles. The highest BCUT2D eigenvalue weighted by atomic mass is 16.2. The Labute approximate surface area is 108 Å². The molecule has 2 saturated heterocycles. The Morgan fingerprint density at radius 2 is 2.17 bits per heavy atom. The number of nitrogens with zero attached hydrogens (tertiary/aromatic N) is 2. The van der Waals surface area contributed by atoms with E-state index in [0.717, 1.165) is 38.9 Å². The topological polar surface area (TPSA) is 52.7 Å². The molecular formula is C13H23N3O2. The minimum absolute atomic E-state index is 0.00126. The van der Waals surface area contributed by atoms with E-state index >= 15 is 0 Å². The standard InChI is InChI=1S/C13H23N3O2/c1-2-15(11-5-7-14-8-6-11)10-13(18)16-9-3-4-12(16)17/h11,14H,2-10H2,1H3. The van der Waals surface area contributed by atoms with Crippen LogP contribution in [0.2, 0.25) is 0 Å². The maximum atomic E-state index is 12.1. The van der Waals surface area contributed by atoms with Gasteiger partial charge in [-0.1, -0.05) is 6.92 Å². The third-order valence-corrected chi connectivity index (χ3v) is 3.94. The monoisotopic (exact) mass is 253 g/mol. The Morgan fingerprint density at radius 3 is 2.72 bits per heavy atom. The predicted octanol–water partition coefficient (Wildman–Crippen LogP) is 0.209. The highest BCUT2D eigenvalue weighted by molar-refractivity contribution is 5.97. The quantitative estimate of drug-likeness (QED) is 0.778. The molecule has 2 aliphatic heterocycles. The van der Waals surface area contributed by atoms with Crippen LogP contribution in [0.5, 0.6) is 0 Å². The molecule has 2 heterocycles. The smallest absolute Gasteiger partial charge is 0.243 e. The molecule has 0 aliphatic carbocycles. The molecule has 2 amide bonds. The normalized spacial score (nSPS) is 21.9. The number of hydrogen-bond acceptors (Lipinski definition) is 4. The summed E-state index contributed by atoms with van der Waals surface area (Å²) in [6.07, 6.45) is 3.54. The molecule has 2 aliphatic rings. The maximum Gasteiger partial charge on any atom is 0.243 e. The van der Waals surface area contributed by atoms with Gasteiger partial charge in [-0.2, -0.15) is 0 Å². The fraction of sp³-hybridized carbons (Fsp3) is 0.846. The van der Waals surface area contributed by atoms with Crippen LogP contribution in [0.3, 0.4) is 0 Å². The highest BCUT2D eigenvalue weighted by Gasteiger charge is 2.29. The Balaban J connectivity index is 1.88. The molecule has 5 heteroatoms. The van der Waals surface area contributed by atoms with Crippen molar-refractivity contribution in [1.29, 1.82) is 0 Å². The molecule has 0 aromatic carbocycles. The van der Waals surface area contributed by atoms with Crippen molar-refractivity contribution in [2.24, 2.45) is 0 Å². The average molecular weight is 253 g/mol. The van der Waals surface area contributed by atoms with E-state index in [4.69, 9.17) is 0 Å². The summed E-state index contributed by atoms with van der Waals surface area (Å²) in [5, 5.41) is 3.33. The van der Waals surface area contributed by atoms with E-state index < -0.39 is 0 Å². The summed E-state index contributed by atoms with van der Waals surface area (Å²) in [5.41, 5.74) is 0. The van der Waals surface area contributed by atoms with Gasteiger partial charge in [0.05, 0.1) is 6.54 Å². The van der Waals surface area contributed by atoms with Gasteiger partial charge in [0.2, 0.25) is 11.8 Å². The van der Waals surface area contributed by atoms with Gasteiger partial charge in [0.25, 0.3) is 0 Å². The van der Waals surface area contributed by atoms with Gasteiger partial charge in [-0.05, 0) is 38.9 Å². The number of carbonyl (C=O) groups is 2. The Kier molecular flexibility index (Phi) is 4.72. The second-order valence-electron chi connectivity index (χ2n) is 5.09. The molecule has 0 spiro atoms. The number of amides is 2. The van der Waals surface area contributed by atoms with Gasteiger partial charge in [0.15, 0.2) is 0 Å². The largest absolute Gasteiger partial charge is 0.317 e. The van der Waals surface area contributed by atoms with E-state index in [-0.39, 0.29) is 11.8 Å². The molecule has 0 atom stereocenters. The van der Waals surface area contributed by atoms with Gasteiger partial charge in [-0.25, -0.2) is 0 Å². The number of nitrogens with one attached hydrogen (secondary N) is 1. The lowest BCUT2D eigenvalue weighted by Crippen LogP contribution is -2.48. The van der Waals surface area contributed by atoms with Crippen LogP contribution in [-0.2, 0) is 9.59 Å². The van der Waals surface area contributed by atoms with E-state index in [1.807, 2.05) is 0 Å². The first-order chi connectivity index (χ1) is 8.72. The van der Waals surface area contributed by atoms with Crippen molar-refractivity contribution in [3.8, 4) is 0 Å². The van der Waals surface area contributed by atoms with Crippen LogP contribution >= 0.6 is 0 Å². The van der Waals surface area contributed by atoms with Crippen molar-refractivity contribution < 1.29 is 9.59 Å². The summed E-state index contributed by atoms with van der Waals surface area (Å²) < 4.78 is 0. The fourth-order valence-corrected chi connectivity index (χ4v) is 2.84. The van der Waals surface area contributed by atoms with E-state index in [1.165, 1.54) is 4.90 Å². The zero-order valence-electron chi connectivity index (χ0n) is 11.2. The van der Waals surface area contributed by atoms with Gasteiger partial charge in [-0.15, -0.1) is 0 Å². The molecule has 0 bridgehead atoms. The summed E-state index contributed by atoms with van der Waals surface area (Å²) in [7, 11) is 0. The van der Waals surface area contributed by atoms with E-state index in [9.17, 15) is 9.59 Å². The Morgan fingerprint density at radius 1 is 1.44 bits per heavy atom. The summed E-state index contributed by atoms with van der Waals surface area (Å²) in [6, 6.07) is 0.484. The SMILES string of the molecule is CCN(CC(=O)N1CCCC1=O)C1CCNCC1. The van der Waals surface area contributed by atoms with Crippen LogP contribution in [0.1, 0.15) is 32.6 Å². The van der Waals surface area contributed by atoms with Crippen molar-refractivity contribution in [3.05, 3.63) is 0 Å². The van der Waals surface area contributed by atoms with Crippen LogP contribution in [0.25, 0.3) is 0 Å². The van der Waals surface area contributed by atoms with Crippen molar-refractivity contribution >= 4 is 11.8 Å². The van der Waals surface area contributed by atoms with Crippen LogP contribution in [-0.4, -0.2) is 60.4 Å². The number of carbonyl (C=O) groups excluding carboxylic acids is 2. The first kappa shape index (κ1) is 13.5. The third-order valence-electron chi connectivity index (χ3n) is 3.94. The van der Waals surface area contributed by atoms with Crippen molar-refractivity contribution in [1.82, 2.24) is 15.1 Å². The minimum atomic E-state index is -0.0158. The number of likely N-dealkylation sites (tertiary alicyclic amines) is 1. The molecule has 5 nitrogen and oxygen atoms in total. The Hall–Kier alpha value is -0.940. The van der Waals surface area contributed by atoms with Gasteiger partial charge in [-0.3, -0.25) is 19.4 Å². The van der Waals surface area contributed by atoms with Crippen LogP contribution in [0.4, 0.5) is 0 Å². The number of imide groups is 1. The van der Waals surface area contributed by atoms with Crippen molar-refractivity contribution in [2.45, 2.75) is 38.6 Å². The fourth-order valence-electron chi connectivity index (χ4n) is 2.84. The minimum Gasteiger partial charge on any atom is -0.317 e. The number of piperidine rings is 1. The van der Waals surface area contributed by atoms with Gasteiger partial charge in [0, 0.05) is 19.0 Å². The van der Waals surface area contributed by atoms with Crippen LogP contribution < -0.4 is 5.32 Å². The molecular weight excluding hydrogens is 230 g/mol. The summed E-state index contributed by atoms with van der Waals surface area (Å²) in [5.74, 6) is -0.0146. The molecule has 2 fully saturated rings. The van der Waals surface area contributed by atoms with Crippen molar-refractivity contribution in [2.75, 3.05) is 32.7 Å². The molecule has 0 saturated carbocycles. The lowest BCUT2D eigenvalue weighted by atomic mass is 10.0. The molecule has 0 aromatic rings. The number of hydrogen-bond donors (Lipinski definition) is 1. The second-order valence-corrected chi connectivity index (χ2v) is 5.09.